The molecule has 1 heterocycles. The number of carbonyl (C=O) groups is 1. The van der Waals surface area contributed by atoms with Crippen LogP contribution in [-0.4, -0.2) is 19.0 Å². The molecular weight excluding hydrogens is 224 g/mol. The minimum absolute atomic E-state index is 0.0749. The highest BCUT2D eigenvalue weighted by Gasteiger charge is 2.30. The van der Waals surface area contributed by atoms with Gasteiger partial charge in [-0.1, -0.05) is 36.8 Å². The van der Waals surface area contributed by atoms with Crippen molar-refractivity contribution < 1.29 is 4.79 Å². The van der Waals surface area contributed by atoms with Crippen LogP contribution >= 0.6 is 0 Å². The summed E-state index contributed by atoms with van der Waals surface area (Å²) in [5, 5.41) is 6.37. The Morgan fingerprint density at radius 2 is 2.00 bits per heavy atom. The van der Waals surface area contributed by atoms with Crippen LogP contribution in [-0.2, 0) is 4.79 Å². The van der Waals surface area contributed by atoms with Crippen LogP contribution < -0.4 is 10.6 Å². The first kappa shape index (κ1) is 13.1. The number of carbonyl (C=O) groups excluding carboxylic acids is 1. The van der Waals surface area contributed by atoms with Gasteiger partial charge >= 0.3 is 0 Å². The molecule has 3 heteroatoms. The maximum atomic E-state index is 12.2. The Morgan fingerprint density at radius 1 is 1.33 bits per heavy atom. The molecule has 1 fully saturated rings. The van der Waals surface area contributed by atoms with Crippen LogP contribution in [0.25, 0.3) is 0 Å². The van der Waals surface area contributed by atoms with Crippen molar-refractivity contribution in [1.29, 1.82) is 0 Å². The highest BCUT2D eigenvalue weighted by molar-refractivity contribution is 5.80. The molecule has 1 aromatic rings. The molecule has 0 radical (unpaired) electrons. The van der Waals surface area contributed by atoms with Gasteiger partial charge in [0.05, 0.1) is 12.0 Å². The molecule has 1 aliphatic heterocycles. The Morgan fingerprint density at radius 3 is 2.56 bits per heavy atom. The van der Waals surface area contributed by atoms with Crippen molar-refractivity contribution in [1.82, 2.24) is 10.6 Å². The molecule has 1 unspecified atom stereocenters. The zero-order valence-corrected chi connectivity index (χ0v) is 11.4. The number of benzene rings is 1. The van der Waals surface area contributed by atoms with Crippen molar-refractivity contribution in [3.05, 3.63) is 35.4 Å². The fourth-order valence-corrected chi connectivity index (χ4v) is 2.42. The second kappa shape index (κ2) is 5.53. The van der Waals surface area contributed by atoms with Gasteiger partial charge in [-0.15, -0.1) is 0 Å². The Balaban J connectivity index is 1.96. The normalized spacial score (nSPS) is 24.8. The average molecular weight is 246 g/mol. The van der Waals surface area contributed by atoms with Crippen LogP contribution in [0.3, 0.4) is 0 Å². The molecule has 2 N–H and O–H groups in total. The second-order valence-corrected chi connectivity index (χ2v) is 5.38. The smallest absolute Gasteiger partial charge is 0.225 e. The number of hydrogen-bond donors (Lipinski definition) is 2. The molecule has 1 aromatic carbocycles. The molecule has 0 aromatic heterocycles. The molecule has 2 rings (SSSR count). The SMILES string of the molecule is Cc1ccc(C(C)NC(=O)[C@@H]2CNC[C@H]2C)cc1. The van der Waals surface area contributed by atoms with Gasteiger partial charge in [-0.3, -0.25) is 4.79 Å². The largest absolute Gasteiger partial charge is 0.349 e. The van der Waals surface area contributed by atoms with E-state index in [2.05, 4.69) is 48.7 Å². The fraction of sp³-hybridized carbons (Fsp3) is 0.533. The summed E-state index contributed by atoms with van der Waals surface area (Å²) in [5.74, 6) is 0.702. The van der Waals surface area contributed by atoms with Crippen LogP contribution in [0.2, 0.25) is 0 Å². The van der Waals surface area contributed by atoms with E-state index >= 15 is 0 Å². The zero-order chi connectivity index (χ0) is 13.1. The van der Waals surface area contributed by atoms with Gasteiger partial charge in [0, 0.05) is 6.54 Å². The second-order valence-electron chi connectivity index (χ2n) is 5.38. The van der Waals surface area contributed by atoms with E-state index in [0.29, 0.717) is 5.92 Å². The third kappa shape index (κ3) is 2.91. The van der Waals surface area contributed by atoms with E-state index in [0.717, 1.165) is 18.7 Å². The van der Waals surface area contributed by atoms with Gasteiger partial charge in [-0.2, -0.15) is 0 Å². The number of rotatable bonds is 3. The highest BCUT2D eigenvalue weighted by atomic mass is 16.2. The summed E-state index contributed by atoms with van der Waals surface area (Å²) in [5.41, 5.74) is 2.40. The minimum atomic E-state index is 0.0749. The van der Waals surface area contributed by atoms with E-state index in [9.17, 15) is 4.79 Å². The molecule has 3 atom stereocenters. The predicted molar refractivity (Wildman–Crippen MR) is 73.3 cm³/mol. The topological polar surface area (TPSA) is 41.1 Å². The van der Waals surface area contributed by atoms with Gasteiger partial charge < -0.3 is 10.6 Å². The van der Waals surface area contributed by atoms with Crippen LogP contribution in [0.5, 0.6) is 0 Å². The lowest BCUT2D eigenvalue weighted by Crippen LogP contribution is -2.35. The quantitative estimate of drug-likeness (QED) is 0.857. The van der Waals surface area contributed by atoms with Gasteiger partial charge in [0.1, 0.15) is 0 Å². The molecular formula is C15H22N2O. The minimum Gasteiger partial charge on any atom is -0.349 e. The van der Waals surface area contributed by atoms with Crippen molar-refractivity contribution in [2.75, 3.05) is 13.1 Å². The van der Waals surface area contributed by atoms with E-state index in [-0.39, 0.29) is 17.9 Å². The zero-order valence-electron chi connectivity index (χ0n) is 11.4. The van der Waals surface area contributed by atoms with Crippen molar-refractivity contribution in [3.63, 3.8) is 0 Å². The Kier molecular flexibility index (Phi) is 4.02. The van der Waals surface area contributed by atoms with E-state index in [1.165, 1.54) is 5.56 Å². The van der Waals surface area contributed by atoms with Gasteiger partial charge in [-0.05, 0) is 31.9 Å². The lowest BCUT2D eigenvalue weighted by molar-refractivity contribution is -0.126. The van der Waals surface area contributed by atoms with Crippen LogP contribution in [0, 0.1) is 18.8 Å². The molecule has 1 amide bonds. The molecule has 0 spiro atoms. The molecule has 1 saturated heterocycles. The lowest BCUT2D eigenvalue weighted by Gasteiger charge is -2.19. The predicted octanol–water partition coefficient (Wildman–Crippen LogP) is 2.03. The van der Waals surface area contributed by atoms with Crippen molar-refractivity contribution in [2.45, 2.75) is 26.8 Å². The molecule has 0 aliphatic carbocycles. The van der Waals surface area contributed by atoms with Crippen molar-refractivity contribution in [2.24, 2.45) is 11.8 Å². The molecule has 3 nitrogen and oxygen atoms in total. The van der Waals surface area contributed by atoms with E-state index in [4.69, 9.17) is 0 Å². The van der Waals surface area contributed by atoms with E-state index < -0.39 is 0 Å². The first-order chi connectivity index (χ1) is 8.58. The van der Waals surface area contributed by atoms with Gasteiger partial charge in [0.2, 0.25) is 5.91 Å². The Labute approximate surface area is 109 Å². The highest BCUT2D eigenvalue weighted by Crippen LogP contribution is 2.19. The third-order valence-corrected chi connectivity index (χ3v) is 3.79. The first-order valence-electron chi connectivity index (χ1n) is 6.65. The van der Waals surface area contributed by atoms with Crippen LogP contribution in [0.15, 0.2) is 24.3 Å². The molecule has 0 bridgehead atoms. The average Bonchev–Trinajstić information content (AvgIpc) is 2.76. The number of hydrogen-bond acceptors (Lipinski definition) is 2. The van der Waals surface area contributed by atoms with Crippen molar-refractivity contribution in [3.8, 4) is 0 Å². The maximum absolute atomic E-state index is 12.2. The lowest BCUT2D eigenvalue weighted by atomic mass is 9.96. The van der Waals surface area contributed by atoms with Gasteiger partial charge in [0.15, 0.2) is 0 Å². The summed E-state index contributed by atoms with van der Waals surface area (Å²) >= 11 is 0. The summed E-state index contributed by atoms with van der Waals surface area (Å²) < 4.78 is 0. The Hall–Kier alpha value is -1.35. The number of nitrogens with one attached hydrogen (secondary N) is 2. The third-order valence-electron chi connectivity index (χ3n) is 3.79. The summed E-state index contributed by atoms with van der Waals surface area (Å²) in [6, 6.07) is 8.40. The van der Waals surface area contributed by atoms with Gasteiger partial charge in [0.25, 0.3) is 0 Å². The van der Waals surface area contributed by atoms with Crippen LogP contribution in [0.1, 0.15) is 31.0 Å². The monoisotopic (exact) mass is 246 g/mol. The summed E-state index contributed by atoms with van der Waals surface area (Å²) in [6.45, 7) is 7.97. The standard InChI is InChI=1S/C15H22N2O/c1-10-4-6-13(7-5-10)12(3)17-15(18)14-9-16-8-11(14)2/h4-7,11-12,14,16H,8-9H2,1-3H3,(H,17,18)/t11-,12?,14-/m1/s1. The Bertz CT molecular complexity index is 413. The fourth-order valence-electron chi connectivity index (χ4n) is 2.42. The summed E-state index contributed by atoms with van der Waals surface area (Å²) in [6.07, 6.45) is 0. The van der Waals surface area contributed by atoms with E-state index in [1.54, 1.807) is 0 Å². The first-order valence-corrected chi connectivity index (χ1v) is 6.65. The molecule has 98 valence electrons. The number of amides is 1. The van der Waals surface area contributed by atoms with Gasteiger partial charge in [-0.25, -0.2) is 0 Å². The number of aryl methyl sites for hydroxylation is 1. The molecule has 1 aliphatic rings. The maximum Gasteiger partial charge on any atom is 0.225 e. The van der Waals surface area contributed by atoms with Crippen molar-refractivity contribution >= 4 is 5.91 Å². The molecule has 0 saturated carbocycles. The summed E-state index contributed by atoms with van der Waals surface area (Å²) in [4.78, 5) is 12.2. The van der Waals surface area contributed by atoms with E-state index in [1.807, 2.05) is 6.92 Å². The molecule has 18 heavy (non-hydrogen) atoms. The van der Waals surface area contributed by atoms with Crippen LogP contribution in [0.4, 0.5) is 0 Å². The summed E-state index contributed by atoms with van der Waals surface area (Å²) in [7, 11) is 0.